The van der Waals surface area contributed by atoms with Crippen molar-refractivity contribution in [1.29, 1.82) is 0 Å². The third-order valence-corrected chi connectivity index (χ3v) is 5.73. The number of benzene rings is 1. The van der Waals surface area contributed by atoms with Crippen molar-refractivity contribution >= 4 is 13.9 Å². The molecule has 0 unspecified atom stereocenters. The van der Waals surface area contributed by atoms with Gasteiger partial charge in [0, 0.05) is 28.7 Å². The second-order valence-electron chi connectivity index (χ2n) is 7.27. The lowest BCUT2D eigenvalue weighted by Gasteiger charge is -2.17. The Kier molecular flexibility index (Phi) is 9.25. The number of hydrogen-bond acceptors (Lipinski definition) is 4. The number of hydrogen-bond donors (Lipinski definition) is 0. The van der Waals surface area contributed by atoms with E-state index < -0.39 is 14.5 Å². The highest BCUT2D eigenvalue weighted by molar-refractivity contribution is 6.76. The summed E-state index contributed by atoms with van der Waals surface area (Å²) in [6.07, 6.45) is 5.09. The van der Waals surface area contributed by atoms with Gasteiger partial charge in [-0.3, -0.25) is 4.79 Å². The topological polar surface area (TPSA) is 44.8 Å². The molecule has 0 spiro atoms. The summed E-state index contributed by atoms with van der Waals surface area (Å²) in [7, 11) is 2.07. The Bertz CT molecular complexity index is 492. The first-order valence-electron chi connectivity index (χ1n) is 8.72. The number of rotatable bonds is 12. The fourth-order valence-corrected chi connectivity index (χ4v) is 3.84. The molecule has 1 aromatic rings. The normalized spacial score (nSPS) is 11.8. The number of ketones is 1. The van der Waals surface area contributed by atoms with Crippen LogP contribution in [0.2, 0.25) is 25.7 Å². The van der Waals surface area contributed by atoms with Crippen LogP contribution in [0.3, 0.4) is 0 Å². The first kappa shape index (κ1) is 20.9. The summed E-state index contributed by atoms with van der Waals surface area (Å²) in [4.78, 5) is 12.5. The standard InChI is InChI=1S/C19H32O4Si/c1-21-19(22-2)23-18-14-10-9-12-16(18)17(20)13-8-6-7-11-15-24(3,4)5/h9-10,12,14,19H,6-8,11,13,15H2,1-5H3. The van der Waals surface area contributed by atoms with Gasteiger partial charge in [-0.1, -0.05) is 57.1 Å². The van der Waals surface area contributed by atoms with Gasteiger partial charge in [0.25, 0.3) is 0 Å². The number of Topliss-reactive ketones (excluding diaryl/α,β-unsaturated/α-hetero) is 1. The van der Waals surface area contributed by atoms with Crippen LogP contribution in [0, 0.1) is 0 Å². The van der Waals surface area contributed by atoms with Crippen molar-refractivity contribution in [3.05, 3.63) is 29.8 Å². The van der Waals surface area contributed by atoms with Crippen molar-refractivity contribution in [1.82, 2.24) is 0 Å². The summed E-state index contributed by atoms with van der Waals surface area (Å²) in [6.45, 7) is 6.41. The van der Waals surface area contributed by atoms with Crippen molar-refractivity contribution in [3.63, 3.8) is 0 Å². The third-order valence-electron chi connectivity index (χ3n) is 3.88. The summed E-state index contributed by atoms with van der Waals surface area (Å²) >= 11 is 0. The Morgan fingerprint density at radius 2 is 1.62 bits per heavy atom. The second-order valence-corrected chi connectivity index (χ2v) is 12.9. The minimum absolute atomic E-state index is 0.113. The molecule has 0 aliphatic carbocycles. The highest BCUT2D eigenvalue weighted by Gasteiger charge is 2.16. The molecule has 0 amide bonds. The van der Waals surface area contributed by atoms with Crippen LogP contribution in [0.15, 0.2) is 24.3 Å². The Labute approximate surface area is 147 Å². The first-order valence-corrected chi connectivity index (χ1v) is 12.4. The molecule has 0 saturated carbocycles. The average Bonchev–Trinajstić information content (AvgIpc) is 2.55. The lowest BCUT2D eigenvalue weighted by Crippen LogP contribution is -2.21. The summed E-state index contributed by atoms with van der Waals surface area (Å²) < 4.78 is 15.7. The maximum absolute atomic E-state index is 12.5. The molecule has 0 aliphatic rings. The van der Waals surface area contributed by atoms with Crippen LogP contribution < -0.4 is 4.74 Å². The Morgan fingerprint density at radius 1 is 1.00 bits per heavy atom. The van der Waals surface area contributed by atoms with Crippen molar-refractivity contribution in [3.8, 4) is 5.75 Å². The lowest BCUT2D eigenvalue weighted by molar-refractivity contribution is -0.219. The maximum Gasteiger partial charge on any atom is 0.315 e. The molecule has 1 rings (SSSR count). The average molecular weight is 353 g/mol. The molecule has 136 valence electrons. The zero-order valence-corrected chi connectivity index (χ0v) is 16.8. The predicted octanol–water partition coefficient (Wildman–Crippen LogP) is 5.11. The van der Waals surface area contributed by atoms with Crippen LogP contribution in [-0.2, 0) is 9.47 Å². The van der Waals surface area contributed by atoms with Gasteiger partial charge in [0.1, 0.15) is 5.75 Å². The molecule has 5 heteroatoms. The molecule has 0 aromatic heterocycles. The van der Waals surface area contributed by atoms with E-state index in [0.29, 0.717) is 17.7 Å². The SMILES string of the molecule is COC(OC)Oc1ccccc1C(=O)CCCCCC[Si](C)(C)C. The highest BCUT2D eigenvalue weighted by atomic mass is 28.3. The molecule has 0 fully saturated rings. The largest absolute Gasteiger partial charge is 0.440 e. The molecule has 4 nitrogen and oxygen atoms in total. The summed E-state index contributed by atoms with van der Waals surface area (Å²) in [5.41, 5.74) is 0.596. The molecule has 0 saturated heterocycles. The Hall–Kier alpha value is -1.17. The minimum atomic E-state index is -0.930. The van der Waals surface area contributed by atoms with Crippen molar-refractivity contribution < 1.29 is 19.0 Å². The zero-order chi connectivity index (χ0) is 18.0. The zero-order valence-electron chi connectivity index (χ0n) is 15.8. The van der Waals surface area contributed by atoms with Gasteiger partial charge >= 0.3 is 6.48 Å². The molecule has 0 N–H and O–H groups in total. The molecule has 0 bridgehead atoms. The first-order chi connectivity index (χ1) is 11.4. The van der Waals surface area contributed by atoms with Gasteiger partial charge in [0.15, 0.2) is 5.78 Å². The third kappa shape index (κ3) is 8.08. The van der Waals surface area contributed by atoms with E-state index in [4.69, 9.17) is 14.2 Å². The molecular weight excluding hydrogens is 320 g/mol. The molecule has 0 atom stereocenters. The fourth-order valence-electron chi connectivity index (χ4n) is 2.52. The van der Waals surface area contributed by atoms with Gasteiger partial charge in [-0.25, -0.2) is 0 Å². The number of methoxy groups -OCH3 is 2. The number of carbonyl (C=O) groups is 1. The van der Waals surface area contributed by atoms with E-state index in [-0.39, 0.29) is 5.78 Å². The van der Waals surface area contributed by atoms with Crippen LogP contribution >= 0.6 is 0 Å². The van der Waals surface area contributed by atoms with Crippen LogP contribution in [0.25, 0.3) is 0 Å². The molecule has 0 heterocycles. The van der Waals surface area contributed by atoms with E-state index in [2.05, 4.69) is 19.6 Å². The van der Waals surface area contributed by atoms with Crippen LogP contribution in [0.5, 0.6) is 5.75 Å². The minimum Gasteiger partial charge on any atom is -0.440 e. The molecule has 0 aliphatic heterocycles. The Balaban J connectivity index is 2.45. The van der Waals surface area contributed by atoms with E-state index >= 15 is 0 Å². The summed E-state index contributed by atoms with van der Waals surface area (Å²) in [6, 6.07) is 8.62. The number of para-hydroxylation sites is 1. The van der Waals surface area contributed by atoms with E-state index in [1.54, 1.807) is 12.1 Å². The molecular formula is C19H32O4Si. The monoisotopic (exact) mass is 352 g/mol. The maximum atomic E-state index is 12.5. The van der Waals surface area contributed by atoms with Gasteiger partial charge in [-0.15, -0.1) is 0 Å². The summed E-state index contributed by atoms with van der Waals surface area (Å²) in [5, 5.41) is 0. The van der Waals surface area contributed by atoms with E-state index in [1.165, 1.54) is 33.1 Å². The van der Waals surface area contributed by atoms with Crippen LogP contribution in [0.4, 0.5) is 0 Å². The number of carbonyl (C=O) groups excluding carboxylic acids is 1. The van der Waals surface area contributed by atoms with Crippen molar-refractivity contribution in [2.75, 3.05) is 14.2 Å². The van der Waals surface area contributed by atoms with E-state index in [1.807, 2.05) is 12.1 Å². The van der Waals surface area contributed by atoms with Crippen molar-refractivity contribution in [2.24, 2.45) is 0 Å². The van der Waals surface area contributed by atoms with E-state index in [9.17, 15) is 4.79 Å². The van der Waals surface area contributed by atoms with Gasteiger partial charge in [0.05, 0.1) is 5.56 Å². The highest BCUT2D eigenvalue weighted by Crippen LogP contribution is 2.23. The van der Waals surface area contributed by atoms with Crippen molar-refractivity contribution in [2.45, 2.75) is 64.3 Å². The van der Waals surface area contributed by atoms with Gasteiger partial charge < -0.3 is 14.2 Å². The Morgan fingerprint density at radius 3 is 2.25 bits per heavy atom. The van der Waals surface area contributed by atoms with Gasteiger partial charge in [0.2, 0.25) is 0 Å². The molecule has 0 radical (unpaired) electrons. The second kappa shape index (κ2) is 10.6. The number of ether oxygens (including phenoxy) is 3. The number of unbranched alkanes of at least 4 members (excludes halogenated alkanes) is 3. The van der Waals surface area contributed by atoms with Gasteiger partial charge in [-0.05, 0) is 18.6 Å². The predicted molar refractivity (Wildman–Crippen MR) is 100 cm³/mol. The molecule has 24 heavy (non-hydrogen) atoms. The van der Waals surface area contributed by atoms with Gasteiger partial charge in [-0.2, -0.15) is 0 Å². The smallest absolute Gasteiger partial charge is 0.315 e. The lowest BCUT2D eigenvalue weighted by atomic mass is 10.0. The van der Waals surface area contributed by atoms with Crippen LogP contribution in [0.1, 0.15) is 42.5 Å². The summed E-state index contributed by atoms with van der Waals surface area (Å²) in [5.74, 6) is 0.622. The fraction of sp³-hybridized carbons (Fsp3) is 0.632. The van der Waals surface area contributed by atoms with Crippen LogP contribution in [-0.4, -0.2) is 34.6 Å². The quantitative estimate of drug-likeness (QED) is 0.227. The molecule has 1 aromatic carbocycles. The van der Waals surface area contributed by atoms with E-state index in [0.717, 1.165) is 12.8 Å².